The summed E-state index contributed by atoms with van der Waals surface area (Å²) in [6.07, 6.45) is 3.49. The summed E-state index contributed by atoms with van der Waals surface area (Å²) in [4.78, 5) is 32.0. The fourth-order valence-corrected chi connectivity index (χ4v) is 3.50. The minimum Gasteiger partial charge on any atom is -0.368 e. The van der Waals surface area contributed by atoms with Gasteiger partial charge < -0.3 is 15.1 Å². The van der Waals surface area contributed by atoms with Crippen LogP contribution in [0, 0.1) is 10.1 Å². The van der Waals surface area contributed by atoms with E-state index in [-0.39, 0.29) is 11.6 Å². The number of piperazine rings is 1. The molecule has 1 aliphatic heterocycles. The zero-order chi connectivity index (χ0) is 20.9. The number of nitro benzene ring substituents is 1. The van der Waals surface area contributed by atoms with Gasteiger partial charge in [-0.25, -0.2) is 0 Å². The molecule has 152 valence electrons. The minimum atomic E-state index is -0.469. The van der Waals surface area contributed by atoms with Gasteiger partial charge in [-0.1, -0.05) is 18.2 Å². The molecule has 1 amide bonds. The third kappa shape index (κ3) is 4.22. The number of nitrogens with zero attached hydrogens (tertiary/aromatic N) is 4. The van der Waals surface area contributed by atoms with E-state index in [1.807, 2.05) is 42.5 Å². The third-order valence-electron chi connectivity index (χ3n) is 5.09. The predicted molar refractivity (Wildman–Crippen MR) is 115 cm³/mol. The largest absolute Gasteiger partial charge is 0.368 e. The van der Waals surface area contributed by atoms with Crippen molar-refractivity contribution in [3.8, 4) is 0 Å². The summed E-state index contributed by atoms with van der Waals surface area (Å²) >= 11 is 0. The van der Waals surface area contributed by atoms with Crippen molar-refractivity contribution in [2.45, 2.75) is 0 Å². The Bertz CT molecular complexity index is 1040. The van der Waals surface area contributed by atoms with Crippen LogP contribution in [0.15, 0.2) is 73.1 Å². The van der Waals surface area contributed by atoms with Gasteiger partial charge >= 0.3 is 0 Å². The molecule has 4 rings (SSSR count). The number of hydrogen-bond acceptors (Lipinski definition) is 6. The molecular formula is C22H21N5O3. The molecule has 2 heterocycles. The van der Waals surface area contributed by atoms with Gasteiger partial charge in [0.15, 0.2) is 0 Å². The van der Waals surface area contributed by atoms with E-state index < -0.39 is 4.92 Å². The molecule has 1 aromatic heterocycles. The summed E-state index contributed by atoms with van der Waals surface area (Å²) in [5, 5.41) is 14.6. The van der Waals surface area contributed by atoms with Crippen molar-refractivity contribution in [2.24, 2.45) is 0 Å². The van der Waals surface area contributed by atoms with Gasteiger partial charge in [0.25, 0.3) is 11.6 Å². The van der Waals surface area contributed by atoms with Gasteiger partial charge in [-0.15, -0.1) is 0 Å². The molecule has 1 fully saturated rings. The van der Waals surface area contributed by atoms with E-state index >= 15 is 0 Å². The maximum Gasteiger partial charge on any atom is 0.293 e. The second-order valence-corrected chi connectivity index (χ2v) is 6.96. The lowest BCUT2D eigenvalue weighted by Crippen LogP contribution is -2.48. The number of carbonyl (C=O) groups is 1. The Morgan fingerprint density at radius 2 is 1.67 bits per heavy atom. The van der Waals surface area contributed by atoms with Crippen LogP contribution >= 0.6 is 0 Å². The molecule has 0 aliphatic carbocycles. The molecule has 3 aromatic rings. The minimum absolute atomic E-state index is 0.125. The van der Waals surface area contributed by atoms with Crippen LogP contribution in [-0.2, 0) is 0 Å². The molecular weight excluding hydrogens is 382 g/mol. The molecule has 0 bridgehead atoms. The zero-order valence-electron chi connectivity index (χ0n) is 16.3. The number of hydrogen-bond donors (Lipinski definition) is 1. The number of para-hydroxylation sites is 1. The average Bonchev–Trinajstić information content (AvgIpc) is 2.80. The quantitative estimate of drug-likeness (QED) is 0.516. The lowest BCUT2D eigenvalue weighted by atomic mass is 10.1. The first-order valence-electron chi connectivity index (χ1n) is 9.66. The van der Waals surface area contributed by atoms with E-state index in [1.54, 1.807) is 29.4 Å². The van der Waals surface area contributed by atoms with Crippen LogP contribution in [0.5, 0.6) is 0 Å². The summed E-state index contributed by atoms with van der Waals surface area (Å²) < 4.78 is 0. The van der Waals surface area contributed by atoms with E-state index in [4.69, 9.17) is 0 Å². The fourth-order valence-electron chi connectivity index (χ4n) is 3.50. The second-order valence-electron chi connectivity index (χ2n) is 6.96. The lowest BCUT2D eigenvalue weighted by molar-refractivity contribution is -0.383. The second kappa shape index (κ2) is 8.60. The molecule has 1 N–H and O–H groups in total. The molecule has 2 aromatic carbocycles. The summed E-state index contributed by atoms with van der Waals surface area (Å²) in [6.45, 7) is 2.51. The molecule has 1 saturated heterocycles. The zero-order valence-corrected chi connectivity index (χ0v) is 16.3. The fraction of sp³-hybridized carbons (Fsp3) is 0.182. The number of rotatable bonds is 5. The van der Waals surface area contributed by atoms with Gasteiger partial charge in [0, 0.05) is 61.6 Å². The number of anilines is 3. The molecule has 1 aliphatic rings. The van der Waals surface area contributed by atoms with E-state index in [1.165, 1.54) is 6.07 Å². The van der Waals surface area contributed by atoms with Crippen molar-refractivity contribution in [2.75, 3.05) is 36.4 Å². The number of aromatic nitrogens is 1. The lowest BCUT2D eigenvalue weighted by Gasteiger charge is -2.36. The molecule has 8 nitrogen and oxygen atoms in total. The Balaban J connectivity index is 1.48. The van der Waals surface area contributed by atoms with Crippen LogP contribution in [0.4, 0.5) is 22.7 Å². The first-order chi connectivity index (χ1) is 14.6. The number of carbonyl (C=O) groups excluding carboxylic acids is 1. The highest BCUT2D eigenvalue weighted by atomic mass is 16.6. The average molecular weight is 403 g/mol. The molecule has 0 spiro atoms. The number of nitro groups is 1. The first-order valence-corrected chi connectivity index (χ1v) is 9.66. The van der Waals surface area contributed by atoms with Crippen molar-refractivity contribution in [3.05, 3.63) is 88.7 Å². The Labute approximate surface area is 173 Å². The summed E-state index contributed by atoms with van der Waals surface area (Å²) in [7, 11) is 0. The van der Waals surface area contributed by atoms with Crippen LogP contribution in [0.2, 0.25) is 0 Å². The van der Waals surface area contributed by atoms with E-state index in [0.717, 1.165) is 11.4 Å². The Morgan fingerprint density at radius 1 is 0.967 bits per heavy atom. The van der Waals surface area contributed by atoms with Gasteiger partial charge in [0.05, 0.1) is 4.92 Å². The van der Waals surface area contributed by atoms with Crippen LogP contribution in [0.1, 0.15) is 10.4 Å². The van der Waals surface area contributed by atoms with Gasteiger partial charge in [-0.05, 0) is 36.4 Å². The smallest absolute Gasteiger partial charge is 0.293 e. The number of benzene rings is 2. The maximum absolute atomic E-state index is 12.9. The van der Waals surface area contributed by atoms with E-state index in [9.17, 15) is 14.9 Å². The van der Waals surface area contributed by atoms with E-state index in [0.29, 0.717) is 37.4 Å². The Kier molecular flexibility index (Phi) is 5.56. The molecule has 30 heavy (non-hydrogen) atoms. The molecule has 0 atom stereocenters. The van der Waals surface area contributed by atoms with Crippen molar-refractivity contribution >= 4 is 28.7 Å². The van der Waals surface area contributed by atoms with Crippen LogP contribution in [0.3, 0.4) is 0 Å². The molecule has 0 radical (unpaired) electrons. The molecule has 8 heteroatoms. The van der Waals surface area contributed by atoms with Gasteiger partial charge in [0.1, 0.15) is 5.69 Å². The van der Waals surface area contributed by atoms with Crippen molar-refractivity contribution in [3.63, 3.8) is 0 Å². The van der Waals surface area contributed by atoms with Crippen molar-refractivity contribution < 1.29 is 9.72 Å². The highest BCUT2D eigenvalue weighted by Crippen LogP contribution is 2.29. The first kappa shape index (κ1) is 19.4. The van der Waals surface area contributed by atoms with Crippen molar-refractivity contribution in [1.82, 2.24) is 9.88 Å². The number of amides is 1. The Hall–Kier alpha value is -3.94. The Morgan fingerprint density at radius 3 is 2.33 bits per heavy atom. The SMILES string of the molecule is O=C(c1ccc(Nc2ccccc2)c([N+](=O)[O-])c1)N1CCN(c2ccncc2)CC1. The summed E-state index contributed by atoms with van der Waals surface area (Å²) in [5.41, 5.74) is 2.36. The van der Waals surface area contributed by atoms with Crippen LogP contribution in [0.25, 0.3) is 0 Å². The number of pyridine rings is 1. The maximum atomic E-state index is 12.9. The summed E-state index contributed by atoms with van der Waals surface area (Å²) in [5.74, 6) is -0.196. The van der Waals surface area contributed by atoms with Gasteiger partial charge in [0.2, 0.25) is 0 Å². The topological polar surface area (TPSA) is 91.6 Å². The van der Waals surface area contributed by atoms with Crippen molar-refractivity contribution in [1.29, 1.82) is 0 Å². The monoisotopic (exact) mass is 403 g/mol. The highest BCUT2D eigenvalue weighted by molar-refractivity contribution is 5.96. The van der Waals surface area contributed by atoms with Crippen LogP contribution < -0.4 is 10.2 Å². The normalized spacial score (nSPS) is 13.7. The van der Waals surface area contributed by atoms with E-state index in [2.05, 4.69) is 15.2 Å². The molecule has 0 saturated carbocycles. The standard InChI is InChI=1S/C22H21N5O3/c28-22(26-14-12-25(13-15-26)19-8-10-23-11-9-19)17-6-7-20(21(16-17)27(29)30)24-18-4-2-1-3-5-18/h1-11,16,24H,12-15H2. The molecule has 0 unspecified atom stereocenters. The highest BCUT2D eigenvalue weighted by Gasteiger charge is 2.25. The number of nitrogens with one attached hydrogen (secondary N) is 1. The summed E-state index contributed by atoms with van der Waals surface area (Å²) in [6, 6.07) is 17.7. The van der Waals surface area contributed by atoms with Crippen LogP contribution in [-0.4, -0.2) is 46.9 Å². The third-order valence-corrected chi connectivity index (χ3v) is 5.09. The van der Waals surface area contributed by atoms with Gasteiger partial charge in [-0.3, -0.25) is 19.9 Å². The predicted octanol–water partition coefficient (Wildman–Crippen LogP) is 3.70. The van der Waals surface area contributed by atoms with Gasteiger partial charge in [-0.2, -0.15) is 0 Å².